The number of ether oxygens (including phenoxy) is 1. The summed E-state index contributed by atoms with van der Waals surface area (Å²) in [6.45, 7) is 3.32. The van der Waals surface area contributed by atoms with E-state index in [2.05, 4.69) is 15.3 Å². The maximum absolute atomic E-state index is 14.0. The Bertz CT molecular complexity index is 1230. The third-order valence-electron chi connectivity index (χ3n) is 5.65. The van der Waals surface area contributed by atoms with Gasteiger partial charge >= 0.3 is 0 Å². The zero-order valence-electron chi connectivity index (χ0n) is 16.8. The SMILES string of the molecule is CC1(C)C(N)=NC2(COCc3ccc(NC(=O)c4ncc(Cl)cc4F)cc32)CS1(=O)=O. The molecule has 1 aromatic carbocycles. The zero-order valence-corrected chi connectivity index (χ0v) is 18.3. The van der Waals surface area contributed by atoms with E-state index in [1.165, 1.54) is 20.0 Å². The molecule has 0 saturated carbocycles. The molecule has 164 valence electrons. The lowest BCUT2D eigenvalue weighted by atomic mass is 9.86. The van der Waals surface area contributed by atoms with E-state index in [1.54, 1.807) is 18.2 Å². The molecule has 8 nitrogen and oxygen atoms in total. The summed E-state index contributed by atoms with van der Waals surface area (Å²) in [5, 5.41) is 2.66. The smallest absolute Gasteiger partial charge is 0.277 e. The van der Waals surface area contributed by atoms with Crippen molar-refractivity contribution in [3.05, 3.63) is 58.1 Å². The van der Waals surface area contributed by atoms with E-state index < -0.39 is 37.5 Å². The molecule has 0 saturated heterocycles. The molecule has 1 aromatic heterocycles. The van der Waals surface area contributed by atoms with Gasteiger partial charge in [-0.05, 0) is 43.2 Å². The Hall–Kier alpha value is -2.56. The Labute approximate surface area is 183 Å². The van der Waals surface area contributed by atoms with Gasteiger partial charge in [0, 0.05) is 11.9 Å². The van der Waals surface area contributed by atoms with E-state index >= 15 is 0 Å². The van der Waals surface area contributed by atoms with E-state index in [1.807, 2.05) is 0 Å². The number of hydrogen-bond donors (Lipinski definition) is 2. The second-order valence-corrected chi connectivity index (χ2v) is 11.1. The maximum Gasteiger partial charge on any atom is 0.277 e. The number of halogens is 2. The summed E-state index contributed by atoms with van der Waals surface area (Å²) >= 11 is 5.68. The molecule has 4 rings (SSSR count). The number of hydrogen-bond acceptors (Lipinski definition) is 7. The number of carbonyl (C=O) groups excluding carboxylic acids is 1. The van der Waals surface area contributed by atoms with Gasteiger partial charge < -0.3 is 15.8 Å². The Morgan fingerprint density at radius 3 is 2.74 bits per heavy atom. The van der Waals surface area contributed by atoms with Gasteiger partial charge in [0.1, 0.15) is 16.1 Å². The van der Waals surface area contributed by atoms with Crippen LogP contribution in [-0.4, -0.2) is 42.3 Å². The summed E-state index contributed by atoms with van der Waals surface area (Å²) in [6.07, 6.45) is 1.17. The van der Waals surface area contributed by atoms with Gasteiger partial charge in [-0.15, -0.1) is 0 Å². The van der Waals surface area contributed by atoms with Crippen molar-refractivity contribution in [2.75, 3.05) is 17.7 Å². The van der Waals surface area contributed by atoms with Crippen LogP contribution in [0.4, 0.5) is 10.1 Å². The molecule has 1 amide bonds. The van der Waals surface area contributed by atoms with Crippen LogP contribution >= 0.6 is 11.6 Å². The van der Waals surface area contributed by atoms with Gasteiger partial charge in [-0.25, -0.2) is 17.8 Å². The number of rotatable bonds is 2. The molecule has 0 bridgehead atoms. The van der Waals surface area contributed by atoms with Gasteiger partial charge in [-0.3, -0.25) is 9.79 Å². The van der Waals surface area contributed by atoms with Gasteiger partial charge in [0.25, 0.3) is 5.91 Å². The van der Waals surface area contributed by atoms with Crippen LogP contribution in [-0.2, 0) is 26.7 Å². The van der Waals surface area contributed by atoms with Crippen LogP contribution in [0.1, 0.15) is 35.5 Å². The number of anilines is 1. The highest BCUT2D eigenvalue weighted by Gasteiger charge is 2.52. The molecule has 2 aliphatic heterocycles. The third kappa shape index (κ3) is 3.58. The summed E-state index contributed by atoms with van der Waals surface area (Å²) in [5.41, 5.74) is 6.07. The molecule has 0 fully saturated rings. The molecule has 11 heteroatoms. The molecular formula is C20H20ClFN4O4S. The van der Waals surface area contributed by atoms with Crippen molar-refractivity contribution in [2.24, 2.45) is 10.7 Å². The molecule has 3 N–H and O–H groups in total. The van der Waals surface area contributed by atoms with Crippen LogP contribution < -0.4 is 11.1 Å². The highest BCUT2D eigenvalue weighted by molar-refractivity contribution is 7.93. The maximum atomic E-state index is 14.0. The first-order chi connectivity index (χ1) is 14.4. The number of aromatic nitrogens is 1. The van der Waals surface area contributed by atoms with Gasteiger partial charge in [-0.2, -0.15) is 0 Å². The van der Waals surface area contributed by atoms with E-state index in [-0.39, 0.29) is 29.8 Å². The van der Waals surface area contributed by atoms with E-state index in [9.17, 15) is 17.6 Å². The molecule has 3 heterocycles. The first-order valence-electron chi connectivity index (χ1n) is 9.37. The lowest BCUT2D eigenvalue weighted by molar-refractivity contribution is 0.0610. The molecule has 0 radical (unpaired) electrons. The second-order valence-electron chi connectivity index (χ2n) is 8.10. The highest BCUT2D eigenvalue weighted by Crippen LogP contribution is 2.42. The molecule has 0 aliphatic carbocycles. The van der Waals surface area contributed by atoms with Crippen molar-refractivity contribution in [3.8, 4) is 0 Å². The second kappa shape index (κ2) is 7.25. The minimum atomic E-state index is -3.64. The number of fused-ring (bicyclic) bond motifs is 2. The number of amidine groups is 1. The fourth-order valence-electron chi connectivity index (χ4n) is 3.66. The van der Waals surface area contributed by atoms with Gasteiger partial charge in [0.05, 0.1) is 24.0 Å². The Morgan fingerprint density at radius 1 is 1.32 bits per heavy atom. The highest BCUT2D eigenvalue weighted by atomic mass is 35.5. The molecule has 1 atom stereocenters. The van der Waals surface area contributed by atoms with Gasteiger partial charge in [0.2, 0.25) is 0 Å². The first-order valence-corrected chi connectivity index (χ1v) is 11.4. The van der Waals surface area contributed by atoms with Crippen LogP contribution in [0.2, 0.25) is 5.02 Å². The van der Waals surface area contributed by atoms with Crippen LogP contribution in [0.5, 0.6) is 0 Å². The van der Waals surface area contributed by atoms with Gasteiger partial charge in [0.15, 0.2) is 21.3 Å². The fraction of sp³-hybridized carbons (Fsp3) is 0.350. The number of nitrogens with one attached hydrogen (secondary N) is 1. The third-order valence-corrected chi connectivity index (χ3v) is 8.48. The largest absolute Gasteiger partial charge is 0.386 e. The van der Waals surface area contributed by atoms with Crippen LogP contribution in [0, 0.1) is 5.82 Å². The molecule has 1 spiro atoms. The van der Waals surface area contributed by atoms with Crippen LogP contribution in [0.15, 0.2) is 35.5 Å². The summed E-state index contributed by atoms with van der Waals surface area (Å²) in [5.74, 6) is -1.91. The molecular weight excluding hydrogens is 447 g/mol. The molecule has 2 aliphatic rings. The number of amides is 1. The van der Waals surface area contributed by atoms with E-state index in [0.29, 0.717) is 11.3 Å². The minimum absolute atomic E-state index is 0.00271. The summed E-state index contributed by atoms with van der Waals surface area (Å²) in [4.78, 5) is 20.8. The van der Waals surface area contributed by atoms with Crippen molar-refractivity contribution in [2.45, 2.75) is 30.7 Å². The van der Waals surface area contributed by atoms with Gasteiger partial charge in [-0.1, -0.05) is 17.7 Å². The van der Waals surface area contributed by atoms with Crippen molar-refractivity contribution in [1.29, 1.82) is 0 Å². The van der Waals surface area contributed by atoms with Crippen molar-refractivity contribution >= 4 is 38.9 Å². The summed E-state index contributed by atoms with van der Waals surface area (Å²) in [7, 11) is -3.64. The molecule has 1 unspecified atom stereocenters. The number of carbonyl (C=O) groups is 1. The quantitative estimate of drug-likeness (QED) is 0.700. The van der Waals surface area contributed by atoms with Crippen LogP contribution in [0.25, 0.3) is 0 Å². The number of sulfone groups is 1. The predicted octanol–water partition coefficient (Wildman–Crippen LogP) is 2.42. The van der Waals surface area contributed by atoms with Crippen LogP contribution in [0.3, 0.4) is 0 Å². The van der Waals surface area contributed by atoms with E-state index in [0.717, 1.165) is 11.6 Å². The monoisotopic (exact) mass is 466 g/mol. The summed E-state index contributed by atoms with van der Waals surface area (Å²) < 4.78 is 44.3. The zero-order chi connectivity index (χ0) is 22.6. The van der Waals surface area contributed by atoms with Crippen molar-refractivity contribution < 1.29 is 22.3 Å². The Balaban J connectivity index is 1.74. The average Bonchev–Trinajstić information content (AvgIpc) is 2.67. The predicted molar refractivity (Wildman–Crippen MR) is 114 cm³/mol. The normalized spacial score (nSPS) is 23.7. The number of pyridine rings is 1. The number of aliphatic imine (C=N–C) groups is 1. The standard InChI is InChI=1S/C20H20ClFN4O4S/c1-19(2)18(23)26-20(10-31(19,28)29)9-30-8-11-3-4-13(6-14(11)20)25-17(27)16-15(22)5-12(21)7-24-16/h3-7H,8-10H2,1-2H3,(H2,23,26)(H,25,27). The Morgan fingerprint density at radius 2 is 2.06 bits per heavy atom. The molecule has 31 heavy (non-hydrogen) atoms. The van der Waals surface area contributed by atoms with Crippen molar-refractivity contribution in [3.63, 3.8) is 0 Å². The first kappa shape index (κ1) is 21.7. The minimum Gasteiger partial charge on any atom is -0.386 e. The number of nitrogens with zero attached hydrogens (tertiary/aromatic N) is 2. The Kier molecular flexibility index (Phi) is 5.07. The number of benzene rings is 1. The number of nitrogens with two attached hydrogens (primary N) is 1. The molecule has 2 aromatic rings. The lowest BCUT2D eigenvalue weighted by Gasteiger charge is -2.42. The lowest BCUT2D eigenvalue weighted by Crippen LogP contribution is -2.57. The average molecular weight is 467 g/mol. The van der Waals surface area contributed by atoms with E-state index in [4.69, 9.17) is 22.1 Å². The van der Waals surface area contributed by atoms with Crippen molar-refractivity contribution in [1.82, 2.24) is 4.98 Å². The topological polar surface area (TPSA) is 124 Å². The summed E-state index contributed by atoms with van der Waals surface area (Å²) in [6, 6.07) is 5.93. The fourth-order valence-corrected chi connectivity index (χ4v) is 5.46.